The molecule has 0 aliphatic heterocycles. The second-order valence-corrected chi connectivity index (χ2v) is 5.41. The van der Waals surface area contributed by atoms with Crippen LogP contribution in [0, 0.1) is 0 Å². The van der Waals surface area contributed by atoms with Crippen molar-refractivity contribution in [3.05, 3.63) is 56.0 Å². The fourth-order valence-corrected chi connectivity index (χ4v) is 2.61. The number of hydrogen-bond donors (Lipinski definition) is 1. The average Bonchev–Trinajstić information content (AvgIpc) is 2.33. The van der Waals surface area contributed by atoms with Gasteiger partial charge in [-0.2, -0.15) is 0 Å². The Morgan fingerprint density at radius 1 is 0.833 bits per heavy atom. The maximum atomic E-state index is 6.21. The van der Waals surface area contributed by atoms with Crippen molar-refractivity contribution in [3.63, 3.8) is 0 Å². The van der Waals surface area contributed by atoms with E-state index in [0.717, 1.165) is 16.7 Å². The predicted octanol–water partition coefficient (Wildman–Crippen LogP) is 5.43. The topological polar surface area (TPSA) is 26.0 Å². The lowest BCUT2D eigenvalue weighted by Gasteiger charge is -2.12. The molecule has 0 amide bonds. The van der Waals surface area contributed by atoms with Gasteiger partial charge in [0.2, 0.25) is 0 Å². The summed E-state index contributed by atoms with van der Waals surface area (Å²) in [5, 5.41) is 1.97. The van der Waals surface area contributed by atoms with Gasteiger partial charge in [0, 0.05) is 22.2 Å². The van der Waals surface area contributed by atoms with Crippen molar-refractivity contribution in [1.29, 1.82) is 0 Å². The molecule has 0 saturated heterocycles. The first-order valence-electron chi connectivity index (χ1n) is 5.16. The lowest BCUT2D eigenvalue weighted by molar-refractivity contribution is 1.07. The molecule has 0 atom stereocenters. The van der Waals surface area contributed by atoms with Crippen molar-refractivity contribution < 1.29 is 0 Å². The molecule has 0 saturated carbocycles. The number of nitrogens with two attached hydrogens (primary N) is 1. The lowest BCUT2D eigenvalue weighted by atomic mass is 9.99. The first kappa shape index (κ1) is 14.0. The number of rotatable bonds is 2. The van der Waals surface area contributed by atoms with Gasteiger partial charge in [0.05, 0.1) is 10.0 Å². The molecular weight excluding hydrogens is 312 g/mol. The molecule has 0 aromatic heterocycles. The van der Waals surface area contributed by atoms with Crippen LogP contribution in [0.25, 0.3) is 11.1 Å². The highest BCUT2D eigenvalue weighted by atomic mass is 35.5. The van der Waals surface area contributed by atoms with E-state index < -0.39 is 0 Å². The van der Waals surface area contributed by atoms with E-state index in [1.54, 1.807) is 24.3 Å². The molecule has 2 N–H and O–H groups in total. The van der Waals surface area contributed by atoms with E-state index in [2.05, 4.69) is 0 Å². The number of benzene rings is 2. The van der Waals surface area contributed by atoms with Gasteiger partial charge in [-0.25, -0.2) is 0 Å². The minimum Gasteiger partial charge on any atom is -0.326 e. The van der Waals surface area contributed by atoms with Crippen LogP contribution in [0.2, 0.25) is 20.1 Å². The second-order valence-electron chi connectivity index (χ2n) is 3.75. The zero-order valence-corrected chi connectivity index (χ0v) is 12.2. The minimum absolute atomic E-state index is 0.382. The highest BCUT2D eigenvalue weighted by Gasteiger charge is 2.12. The number of halogens is 4. The van der Waals surface area contributed by atoms with E-state index in [9.17, 15) is 0 Å². The Hall–Kier alpha value is -0.440. The Morgan fingerprint density at radius 2 is 1.50 bits per heavy atom. The van der Waals surface area contributed by atoms with Gasteiger partial charge < -0.3 is 5.73 Å². The van der Waals surface area contributed by atoms with Gasteiger partial charge in [-0.1, -0.05) is 52.5 Å². The quantitative estimate of drug-likeness (QED) is 0.734. The molecule has 0 aliphatic rings. The molecule has 0 bridgehead atoms. The fraction of sp³-hybridized carbons (Fsp3) is 0.0769. The molecule has 2 rings (SSSR count). The summed E-state index contributed by atoms with van der Waals surface area (Å²) in [5.41, 5.74) is 8.22. The number of hydrogen-bond acceptors (Lipinski definition) is 1. The van der Waals surface area contributed by atoms with Gasteiger partial charge in [-0.15, -0.1) is 0 Å². The van der Waals surface area contributed by atoms with Crippen LogP contribution >= 0.6 is 46.4 Å². The van der Waals surface area contributed by atoms with Crippen molar-refractivity contribution in [2.45, 2.75) is 6.54 Å². The largest absolute Gasteiger partial charge is 0.326 e. The lowest BCUT2D eigenvalue weighted by Crippen LogP contribution is -1.99. The van der Waals surface area contributed by atoms with E-state index in [1.165, 1.54) is 0 Å². The predicted molar refractivity (Wildman–Crippen MR) is 79.8 cm³/mol. The van der Waals surface area contributed by atoms with Gasteiger partial charge in [0.1, 0.15) is 0 Å². The van der Waals surface area contributed by atoms with Crippen LogP contribution in [-0.2, 0) is 6.54 Å². The van der Waals surface area contributed by atoms with Crippen LogP contribution in [0.1, 0.15) is 5.56 Å². The second kappa shape index (κ2) is 5.68. The zero-order valence-electron chi connectivity index (χ0n) is 9.18. The van der Waals surface area contributed by atoms with Gasteiger partial charge in [0.15, 0.2) is 0 Å². The van der Waals surface area contributed by atoms with E-state index >= 15 is 0 Å². The van der Waals surface area contributed by atoms with Gasteiger partial charge in [-0.05, 0) is 35.4 Å². The summed E-state index contributed by atoms with van der Waals surface area (Å²) in [4.78, 5) is 0. The molecule has 0 spiro atoms. The van der Waals surface area contributed by atoms with Crippen LogP contribution in [0.15, 0.2) is 30.3 Å². The summed E-state index contributed by atoms with van der Waals surface area (Å²) in [5.74, 6) is 0. The van der Waals surface area contributed by atoms with E-state index in [-0.39, 0.29) is 0 Å². The molecule has 18 heavy (non-hydrogen) atoms. The third kappa shape index (κ3) is 2.76. The third-order valence-corrected chi connectivity index (χ3v) is 3.83. The van der Waals surface area contributed by atoms with Crippen LogP contribution in [0.5, 0.6) is 0 Å². The summed E-state index contributed by atoms with van der Waals surface area (Å²) < 4.78 is 0. The normalized spacial score (nSPS) is 10.7. The monoisotopic (exact) mass is 319 g/mol. The highest BCUT2D eigenvalue weighted by molar-refractivity contribution is 6.45. The zero-order chi connectivity index (χ0) is 13.3. The maximum absolute atomic E-state index is 6.21. The molecule has 2 aromatic rings. The molecule has 2 aromatic carbocycles. The van der Waals surface area contributed by atoms with Crippen LogP contribution in [0.4, 0.5) is 0 Å². The van der Waals surface area contributed by atoms with Gasteiger partial charge >= 0.3 is 0 Å². The minimum atomic E-state index is 0.382. The average molecular weight is 321 g/mol. The fourth-order valence-electron chi connectivity index (χ4n) is 1.73. The summed E-state index contributed by atoms with van der Waals surface area (Å²) in [6.07, 6.45) is 0. The van der Waals surface area contributed by atoms with Crippen molar-refractivity contribution in [2.24, 2.45) is 5.73 Å². The van der Waals surface area contributed by atoms with Crippen LogP contribution in [-0.4, -0.2) is 0 Å². The molecule has 0 radical (unpaired) electrons. The van der Waals surface area contributed by atoms with Crippen molar-refractivity contribution in [2.75, 3.05) is 0 Å². The molecule has 1 nitrogen and oxygen atoms in total. The van der Waals surface area contributed by atoms with Crippen molar-refractivity contribution in [1.82, 2.24) is 0 Å². The SMILES string of the molecule is NCc1ccc(Cl)cc1-c1cc(Cl)cc(Cl)c1Cl. The molecule has 0 heterocycles. The molecule has 0 unspecified atom stereocenters. The highest BCUT2D eigenvalue weighted by Crippen LogP contribution is 2.38. The van der Waals surface area contributed by atoms with E-state index in [1.807, 2.05) is 6.07 Å². The first-order valence-corrected chi connectivity index (χ1v) is 6.67. The molecule has 0 fully saturated rings. The molecular formula is C13H9Cl4N. The molecule has 0 aliphatic carbocycles. The van der Waals surface area contributed by atoms with E-state index in [4.69, 9.17) is 52.1 Å². The third-order valence-electron chi connectivity index (χ3n) is 2.57. The van der Waals surface area contributed by atoms with E-state index in [0.29, 0.717) is 26.6 Å². The van der Waals surface area contributed by atoms with Crippen LogP contribution in [0.3, 0.4) is 0 Å². The Kier molecular flexibility index (Phi) is 4.41. The van der Waals surface area contributed by atoms with Crippen LogP contribution < -0.4 is 5.73 Å². The Bertz CT molecular complexity index is 596. The van der Waals surface area contributed by atoms with Crippen molar-refractivity contribution in [3.8, 4) is 11.1 Å². The first-order chi connectivity index (χ1) is 8.52. The smallest absolute Gasteiger partial charge is 0.0671 e. The van der Waals surface area contributed by atoms with Gasteiger partial charge in [-0.3, -0.25) is 0 Å². The summed E-state index contributed by atoms with van der Waals surface area (Å²) in [7, 11) is 0. The summed E-state index contributed by atoms with van der Waals surface area (Å²) in [6, 6.07) is 8.80. The standard InChI is InChI=1S/C13H9Cl4N/c14-8-2-1-7(6-18)10(3-8)11-4-9(15)5-12(16)13(11)17/h1-5H,6,18H2. The Labute approximate surface area is 125 Å². The summed E-state index contributed by atoms with van der Waals surface area (Å²) in [6.45, 7) is 0.382. The molecule has 5 heteroatoms. The van der Waals surface area contributed by atoms with Crippen molar-refractivity contribution >= 4 is 46.4 Å². The Morgan fingerprint density at radius 3 is 2.17 bits per heavy atom. The maximum Gasteiger partial charge on any atom is 0.0671 e. The summed E-state index contributed by atoms with van der Waals surface area (Å²) >= 11 is 24.2. The molecule has 94 valence electrons. The Balaban J connectivity index is 2.72. The van der Waals surface area contributed by atoms with Gasteiger partial charge in [0.25, 0.3) is 0 Å².